The highest BCUT2D eigenvalue weighted by molar-refractivity contribution is 7.08. The Morgan fingerprint density at radius 2 is 1.85 bits per heavy atom. The summed E-state index contributed by atoms with van der Waals surface area (Å²) in [6.45, 7) is 0. The zero-order chi connectivity index (χ0) is 17.8. The Balaban J connectivity index is 1.40. The largest absolute Gasteiger partial charge is 0.339 e. The van der Waals surface area contributed by atoms with Crippen molar-refractivity contribution < 1.29 is 4.79 Å². The second kappa shape index (κ2) is 7.16. The number of rotatable bonds is 5. The third-order valence-electron chi connectivity index (χ3n) is 3.59. The zero-order valence-corrected chi connectivity index (χ0v) is 14.4. The van der Waals surface area contributed by atoms with Crippen molar-refractivity contribution in [3.05, 3.63) is 77.2 Å². The molecule has 3 heterocycles. The van der Waals surface area contributed by atoms with Crippen molar-refractivity contribution in [2.75, 3.05) is 10.6 Å². The Bertz CT molecular complexity index is 979. The summed E-state index contributed by atoms with van der Waals surface area (Å²) < 4.78 is 1.64. The molecule has 0 unspecified atom stereocenters. The number of nitrogens with one attached hydrogen (secondary N) is 2. The normalized spacial score (nSPS) is 10.5. The smallest absolute Gasteiger partial charge is 0.256 e. The minimum atomic E-state index is -0.118. The zero-order valence-electron chi connectivity index (χ0n) is 13.5. The molecule has 1 amide bonds. The van der Waals surface area contributed by atoms with Crippen LogP contribution in [0, 0.1) is 0 Å². The molecule has 0 saturated carbocycles. The molecule has 4 aromatic rings. The van der Waals surface area contributed by atoms with Crippen molar-refractivity contribution in [2.24, 2.45) is 0 Å². The van der Waals surface area contributed by atoms with E-state index in [9.17, 15) is 4.79 Å². The van der Waals surface area contributed by atoms with Crippen LogP contribution in [0.4, 0.5) is 17.2 Å². The van der Waals surface area contributed by atoms with Gasteiger partial charge in [0.1, 0.15) is 0 Å². The summed E-state index contributed by atoms with van der Waals surface area (Å²) in [4.78, 5) is 12.0. The van der Waals surface area contributed by atoms with Crippen molar-refractivity contribution >= 4 is 34.4 Å². The van der Waals surface area contributed by atoms with Crippen molar-refractivity contribution in [3.63, 3.8) is 0 Å². The summed E-state index contributed by atoms with van der Waals surface area (Å²) >= 11 is 1.49. The standard InChI is InChI=1S/C18H14N6OS/c25-18(13-8-11-26-12-13)21-15-4-2-14(3-5-15)20-16-6-7-17(23-22-16)24-10-1-9-19-24/h1-12H,(H,20,22)(H,21,25). The Labute approximate surface area is 153 Å². The number of anilines is 3. The van der Waals surface area contributed by atoms with Crippen LogP contribution in [0.25, 0.3) is 5.82 Å². The van der Waals surface area contributed by atoms with E-state index in [-0.39, 0.29) is 5.91 Å². The van der Waals surface area contributed by atoms with E-state index >= 15 is 0 Å². The van der Waals surface area contributed by atoms with E-state index < -0.39 is 0 Å². The highest BCUT2D eigenvalue weighted by Crippen LogP contribution is 2.18. The van der Waals surface area contributed by atoms with Crippen LogP contribution in [0.5, 0.6) is 0 Å². The van der Waals surface area contributed by atoms with Crippen LogP contribution in [-0.4, -0.2) is 25.9 Å². The van der Waals surface area contributed by atoms with Gasteiger partial charge in [0.25, 0.3) is 5.91 Å². The molecule has 3 aromatic heterocycles. The van der Waals surface area contributed by atoms with Gasteiger partial charge < -0.3 is 10.6 Å². The molecule has 0 aliphatic heterocycles. The lowest BCUT2D eigenvalue weighted by atomic mass is 10.2. The summed E-state index contributed by atoms with van der Waals surface area (Å²) in [5.74, 6) is 1.15. The Kier molecular flexibility index (Phi) is 4.40. The van der Waals surface area contributed by atoms with Crippen molar-refractivity contribution in [3.8, 4) is 5.82 Å². The molecule has 1 aromatic carbocycles. The van der Waals surface area contributed by atoms with Crippen LogP contribution in [0.3, 0.4) is 0 Å². The molecule has 0 fully saturated rings. The van der Waals surface area contributed by atoms with Gasteiger partial charge in [0.05, 0.1) is 5.56 Å². The molecule has 0 saturated heterocycles. The van der Waals surface area contributed by atoms with E-state index in [0.29, 0.717) is 17.2 Å². The van der Waals surface area contributed by atoms with Gasteiger partial charge in [-0.25, -0.2) is 4.68 Å². The lowest BCUT2D eigenvalue weighted by molar-refractivity contribution is 0.102. The van der Waals surface area contributed by atoms with Gasteiger partial charge in [-0.3, -0.25) is 4.79 Å². The second-order valence-corrected chi connectivity index (χ2v) is 6.18. The van der Waals surface area contributed by atoms with Crippen molar-refractivity contribution in [1.82, 2.24) is 20.0 Å². The number of hydrogen-bond acceptors (Lipinski definition) is 6. The number of thiophene rings is 1. The minimum absolute atomic E-state index is 0.118. The Hall–Kier alpha value is -3.52. The molecule has 128 valence electrons. The molecule has 0 bridgehead atoms. The van der Waals surface area contributed by atoms with E-state index in [0.717, 1.165) is 11.4 Å². The van der Waals surface area contributed by atoms with Crippen LogP contribution < -0.4 is 10.6 Å². The predicted octanol–water partition coefficient (Wildman–Crippen LogP) is 3.72. The molecule has 0 radical (unpaired) electrons. The average Bonchev–Trinajstić information content (AvgIpc) is 3.38. The molecule has 0 atom stereocenters. The first-order chi connectivity index (χ1) is 12.8. The topological polar surface area (TPSA) is 84.7 Å². The van der Waals surface area contributed by atoms with Gasteiger partial charge >= 0.3 is 0 Å². The molecule has 8 heteroatoms. The third kappa shape index (κ3) is 3.60. The molecule has 26 heavy (non-hydrogen) atoms. The average molecular weight is 362 g/mol. The fourth-order valence-corrected chi connectivity index (χ4v) is 2.94. The molecule has 2 N–H and O–H groups in total. The van der Waals surface area contributed by atoms with E-state index in [1.54, 1.807) is 23.1 Å². The number of hydrogen-bond donors (Lipinski definition) is 2. The number of carbonyl (C=O) groups is 1. The SMILES string of the molecule is O=C(Nc1ccc(Nc2ccc(-n3cccn3)nn2)cc1)c1ccsc1. The number of nitrogens with zero attached hydrogens (tertiary/aromatic N) is 4. The monoisotopic (exact) mass is 362 g/mol. The van der Waals surface area contributed by atoms with Crippen molar-refractivity contribution in [2.45, 2.75) is 0 Å². The Morgan fingerprint density at radius 1 is 1.00 bits per heavy atom. The van der Waals surface area contributed by atoms with Crippen LogP contribution in [0.1, 0.15) is 10.4 Å². The molecule has 4 rings (SSSR count). The molecule has 0 spiro atoms. The third-order valence-corrected chi connectivity index (χ3v) is 4.27. The van der Waals surface area contributed by atoms with Gasteiger partial charge in [-0.1, -0.05) is 0 Å². The fraction of sp³-hybridized carbons (Fsp3) is 0. The maximum absolute atomic E-state index is 12.0. The highest BCUT2D eigenvalue weighted by atomic mass is 32.1. The molecule has 7 nitrogen and oxygen atoms in total. The van der Waals surface area contributed by atoms with Crippen LogP contribution in [0.2, 0.25) is 0 Å². The number of benzene rings is 1. The summed E-state index contributed by atoms with van der Waals surface area (Å²) in [5, 5.41) is 22.1. The Morgan fingerprint density at radius 3 is 2.50 bits per heavy atom. The van der Waals surface area contributed by atoms with Gasteiger partial charge in [0.15, 0.2) is 11.6 Å². The molecular formula is C18H14N6OS. The van der Waals surface area contributed by atoms with Gasteiger partial charge in [0, 0.05) is 29.1 Å². The van der Waals surface area contributed by atoms with Crippen molar-refractivity contribution in [1.29, 1.82) is 0 Å². The number of amides is 1. The van der Waals surface area contributed by atoms with E-state index in [1.165, 1.54) is 11.3 Å². The maximum atomic E-state index is 12.0. The predicted molar refractivity (Wildman–Crippen MR) is 101 cm³/mol. The van der Waals surface area contributed by atoms with E-state index in [2.05, 4.69) is 25.9 Å². The summed E-state index contributed by atoms with van der Waals surface area (Å²) in [6, 6.07) is 14.7. The lowest BCUT2D eigenvalue weighted by Crippen LogP contribution is -2.10. The first-order valence-corrected chi connectivity index (χ1v) is 8.76. The first kappa shape index (κ1) is 16.0. The summed E-state index contributed by atoms with van der Waals surface area (Å²) in [5.41, 5.74) is 2.23. The van der Waals surface area contributed by atoms with E-state index in [1.807, 2.05) is 53.2 Å². The molecule has 0 aliphatic rings. The highest BCUT2D eigenvalue weighted by Gasteiger charge is 2.06. The molecular weight excluding hydrogens is 348 g/mol. The molecule has 0 aliphatic carbocycles. The van der Waals surface area contributed by atoms with Crippen LogP contribution >= 0.6 is 11.3 Å². The van der Waals surface area contributed by atoms with Crippen LogP contribution in [0.15, 0.2) is 71.7 Å². The second-order valence-electron chi connectivity index (χ2n) is 5.40. The first-order valence-electron chi connectivity index (χ1n) is 7.82. The van der Waals surface area contributed by atoms with Crippen LogP contribution in [-0.2, 0) is 0 Å². The summed E-state index contributed by atoms with van der Waals surface area (Å²) in [6.07, 6.45) is 3.49. The quantitative estimate of drug-likeness (QED) is 0.565. The maximum Gasteiger partial charge on any atom is 0.256 e. The number of aromatic nitrogens is 4. The summed E-state index contributed by atoms with van der Waals surface area (Å²) in [7, 11) is 0. The van der Waals surface area contributed by atoms with Gasteiger partial charge in [-0.05, 0) is 53.9 Å². The van der Waals surface area contributed by atoms with Gasteiger partial charge in [-0.2, -0.15) is 16.4 Å². The lowest BCUT2D eigenvalue weighted by Gasteiger charge is -2.08. The minimum Gasteiger partial charge on any atom is -0.339 e. The number of carbonyl (C=O) groups excluding carboxylic acids is 1. The van der Waals surface area contributed by atoms with Gasteiger partial charge in [-0.15, -0.1) is 10.2 Å². The fourth-order valence-electron chi connectivity index (χ4n) is 2.30. The van der Waals surface area contributed by atoms with E-state index in [4.69, 9.17) is 0 Å². The van der Waals surface area contributed by atoms with Gasteiger partial charge in [0.2, 0.25) is 0 Å².